The van der Waals surface area contributed by atoms with E-state index in [0.717, 1.165) is 16.7 Å². The molecular formula is C18H19ClN2O. The second-order valence-electron chi connectivity index (χ2n) is 5.22. The van der Waals surface area contributed by atoms with Crippen molar-refractivity contribution < 1.29 is 4.79 Å². The summed E-state index contributed by atoms with van der Waals surface area (Å²) in [6.45, 7) is 3.87. The molecular weight excluding hydrogens is 296 g/mol. The van der Waals surface area contributed by atoms with E-state index >= 15 is 0 Å². The maximum absolute atomic E-state index is 12.4. The zero-order valence-electron chi connectivity index (χ0n) is 13.0. The summed E-state index contributed by atoms with van der Waals surface area (Å²) in [6.07, 6.45) is 5.12. The van der Waals surface area contributed by atoms with Crippen LogP contribution in [0.5, 0.6) is 0 Å². The minimum atomic E-state index is -0.0613. The molecule has 0 radical (unpaired) electrons. The van der Waals surface area contributed by atoms with Gasteiger partial charge in [0.1, 0.15) is 0 Å². The lowest BCUT2D eigenvalue weighted by molar-refractivity contribution is -0.126. The van der Waals surface area contributed by atoms with Gasteiger partial charge in [-0.25, -0.2) is 0 Å². The lowest BCUT2D eigenvalue weighted by Gasteiger charge is -2.24. The van der Waals surface area contributed by atoms with Crippen molar-refractivity contribution in [2.45, 2.75) is 19.9 Å². The zero-order chi connectivity index (χ0) is 16.1. The highest BCUT2D eigenvalue weighted by atomic mass is 35.5. The Kier molecular flexibility index (Phi) is 5.34. The van der Waals surface area contributed by atoms with Crippen LogP contribution in [0.25, 0.3) is 5.57 Å². The van der Waals surface area contributed by atoms with E-state index in [1.165, 1.54) is 0 Å². The highest BCUT2D eigenvalue weighted by Crippen LogP contribution is 2.24. The van der Waals surface area contributed by atoms with Gasteiger partial charge in [0, 0.05) is 30.5 Å². The normalized spacial score (nSPS) is 12.8. The van der Waals surface area contributed by atoms with Crippen LogP contribution in [0.15, 0.2) is 54.9 Å². The van der Waals surface area contributed by atoms with E-state index in [2.05, 4.69) is 4.98 Å². The van der Waals surface area contributed by atoms with Crippen molar-refractivity contribution in [2.24, 2.45) is 0 Å². The van der Waals surface area contributed by atoms with E-state index in [1.54, 1.807) is 30.4 Å². The van der Waals surface area contributed by atoms with Gasteiger partial charge in [0.05, 0.1) is 6.04 Å². The van der Waals surface area contributed by atoms with Gasteiger partial charge in [-0.3, -0.25) is 9.78 Å². The van der Waals surface area contributed by atoms with Crippen LogP contribution >= 0.6 is 11.6 Å². The van der Waals surface area contributed by atoms with E-state index in [-0.39, 0.29) is 11.9 Å². The number of amides is 1. The van der Waals surface area contributed by atoms with Gasteiger partial charge < -0.3 is 4.90 Å². The van der Waals surface area contributed by atoms with Crippen molar-refractivity contribution in [3.63, 3.8) is 0 Å². The number of halogens is 1. The van der Waals surface area contributed by atoms with Crippen molar-refractivity contribution in [2.75, 3.05) is 7.05 Å². The van der Waals surface area contributed by atoms with E-state index in [9.17, 15) is 4.79 Å². The fraction of sp³-hybridized carbons (Fsp3) is 0.222. The highest BCUT2D eigenvalue weighted by molar-refractivity contribution is 6.32. The molecule has 114 valence electrons. The molecule has 0 saturated heterocycles. The number of hydrogen-bond donors (Lipinski definition) is 0. The number of likely N-dealkylation sites (N-methyl/N-ethyl adjacent to an activating group) is 1. The van der Waals surface area contributed by atoms with Crippen LogP contribution in [0.1, 0.15) is 31.0 Å². The van der Waals surface area contributed by atoms with Gasteiger partial charge in [0.2, 0.25) is 5.91 Å². The van der Waals surface area contributed by atoms with Crippen LogP contribution in [0, 0.1) is 0 Å². The average molecular weight is 315 g/mol. The van der Waals surface area contributed by atoms with Crippen LogP contribution in [-0.4, -0.2) is 22.8 Å². The molecule has 0 aliphatic rings. The van der Waals surface area contributed by atoms with Crippen molar-refractivity contribution in [3.8, 4) is 0 Å². The second-order valence-corrected chi connectivity index (χ2v) is 5.63. The van der Waals surface area contributed by atoms with Crippen molar-refractivity contribution >= 4 is 23.1 Å². The Morgan fingerprint density at radius 2 is 2.00 bits per heavy atom. The molecule has 1 unspecified atom stereocenters. The topological polar surface area (TPSA) is 33.2 Å². The van der Waals surface area contributed by atoms with E-state index < -0.39 is 0 Å². The summed E-state index contributed by atoms with van der Waals surface area (Å²) in [5, 5.41) is 0.645. The number of rotatable bonds is 4. The Morgan fingerprint density at radius 3 is 2.64 bits per heavy atom. The van der Waals surface area contributed by atoms with E-state index in [4.69, 9.17) is 11.6 Å². The molecule has 1 aromatic heterocycles. The maximum atomic E-state index is 12.4. The van der Waals surface area contributed by atoms with Crippen LogP contribution in [-0.2, 0) is 4.79 Å². The summed E-state index contributed by atoms with van der Waals surface area (Å²) in [5.74, 6) is -0.0613. The van der Waals surface area contributed by atoms with Gasteiger partial charge in [0.15, 0.2) is 0 Å². The first-order valence-electron chi connectivity index (χ1n) is 7.10. The highest BCUT2D eigenvalue weighted by Gasteiger charge is 2.16. The van der Waals surface area contributed by atoms with Gasteiger partial charge in [-0.2, -0.15) is 0 Å². The minimum absolute atomic E-state index is 0.0449. The Labute approximate surface area is 136 Å². The molecule has 0 N–H and O–H groups in total. The first-order valence-corrected chi connectivity index (χ1v) is 7.48. The molecule has 0 spiro atoms. The molecule has 1 amide bonds. The van der Waals surface area contributed by atoms with Gasteiger partial charge in [-0.1, -0.05) is 35.9 Å². The molecule has 2 aromatic rings. The summed E-state index contributed by atoms with van der Waals surface area (Å²) in [6, 6.07) is 11.3. The number of aromatic nitrogens is 1. The first-order chi connectivity index (χ1) is 10.5. The summed E-state index contributed by atoms with van der Waals surface area (Å²) in [7, 11) is 1.79. The number of hydrogen-bond acceptors (Lipinski definition) is 2. The fourth-order valence-corrected chi connectivity index (χ4v) is 2.47. The lowest BCUT2D eigenvalue weighted by Crippen LogP contribution is -2.28. The number of allylic oxidation sites excluding steroid dienone is 1. The third kappa shape index (κ3) is 3.74. The maximum Gasteiger partial charge on any atom is 0.247 e. The molecule has 1 atom stereocenters. The largest absolute Gasteiger partial charge is 0.335 e. The quantitative estimate of drug-likeness (QED) is 0.786. The predicted molar refractivity (Wildman–Crippen MR) is 90.5 cm³/mol. The Hall–Kier alpha value is -2.13. The van der Waals surface area contributed by atoms with E-state index in [1.807, 2.05) is 50.2 Å². The molecule has 0 saturated carbocycles. The van der Waals surface area contributed by atoms with Crippen LogP contribution in [0.3, 0.4) is 0 Å². The smallest absolute Gasteiger partial charge is 0.247 e. The van der Waals surface area contributed by atoms with E-state index in [0.29, 0.717) is 5.02 Å². The molecule has 3 nitrogen and oxygen atoms in total. The molecule has 1 heterocycles. The zero-order valence-corrected chi connectivity index (χ0v) is 13.7. The van der Waals surface area contributed by atoms with Crippen LogP contribution < -0.4 is 0 Å². The molecule has 1 aromatic carbocycles. The minimum Gasteiger partial charge on any atom is -0.335 e. The summed E-state index contributed by atoms with van der Waals surface area (Å²) < 4.78 is 0. The Bertz CT molecular complexity index is 682. The molecule has 0 fully saturated rings. The number of nitrogens with zero attached hydrogens (tertiary/aromatic N) is 2. The summed E-state index contributed by atoms with van der Waals surface area (Å²) in [5.41, 5.74) is 2.72. The Balaban J connectivity index is 2.17. The molecule has 4 heteroatoms. The third-order valence-electron chi connectivity index (χ3n) is 3.73. The second kappa shape index (κ2) is 7.23. The lowest BCUT2D eigenvalue weighted by atomic mass is 10.1. The van der Waals surface area contributed by atoms with Crippen LogP contribution in [0.2, 0.25) is 5.02 Å². The Morgan fingerprint density at radius 1 is 1.27 bits per heavy atom. The standard InChI is InChI=1S/C18H19ClN2O/c1-13(16-8-4-5-9-17(16)19)11-18(22)21(3)14(2)15-7-6-10-20-12-15/h4-12,14H,1-3H3/b13-11-. The molecule has 22 heavy (non-hydrogen) atoms. The average Bonchev–Trinajstić information content (AvgIpc) is 2.54. The first kappa shape index (κ1) is 16.2. The van der Waals surface area contributed by atoms with Gasteiger partial charge in [-0.15, -0.1) is 0 Å². The number of carbonyl (C=O) groups is 1. The predicted octanol–water partition coefficient (Wildman–Crippen LogP) is 4.36. The monoisotopic (exact) mass is 314 g/mol. The fourth-order valence-electron chi connectivity index (χ4n) is 2.18. The van der Waals surface area contributed by atoms with Crippen molar-refractivity contribution in [3.05, 3.63) is 71.0 Å². The van der Waals surface area contributed by atoms with Crippen LogP contribution in [0.4, 0.5) is 0 Å². The van der Waals surface area contributed by atoms with Crippen molar-refractivity contribution in [1.82, 2.24) is 9.88 Å². The molecule has 0 bridgehead atoms. The number of carbonyl (C=O) groups excluding carboxylic acids is 1. The number of pyridine rings is 1. The summed E-state index contributed by atoms with van der Waals surface area (Å²) in [4.78, 5) is 18.2. The van der Waals surface area contributed by atoms with Crippen molar-refractivity contribution in [1.29, 1.82) is 0 Å². The molecule has 0 aliphatic carbocycles. The SMILES string of the molecule is C/C(=C/C(=O)N(C)C(C)c1cccnc1)c1ccccc1Cl. The summed E-state index contributed by atoms with van der Waals surface area (Å²) >= 11 is 6.17. The van der Waals surface area contributed by atoms with Gasteiger partial charge in [0.25, 0.3) is 0 Å². The molecule has 2 rings (SSSR count). The number of benzene rings is 1. The van der Waals surface area contributed by atoms with Gasteiger partial charge >= 0.3 is 0 Å². The third-order valence-corrected chi connectivity index (χ3v) is 4.06. The molecule has 0 aliphatic heterocycles. The van der Waals surface area contributed by atoms with Gasteiger partial charge in [-0.05, 0) is 42.7 Å².